The molecule has 0 aromatic heterocycles. The van der Waals surface area contributed by atoms with E-state index in [0.717, 1.165) is 30.3 Å². The monoisotopic (exact) mass is 277 g/mol. The smallest absolute Gasteiger partial charge is 0.118 e. The van der Waals surface area contributed by atoms with E-state index < -0.39 is 6.10 Å². The van der Waals surface area contributed by atoms with Crippen molar-refractivity contribution in [3.05, 3.63) is 29.8 Å². The van der Waals surface area contributed by atoms with E-state index >= 15 is 0 Å². The van der Waals surface area contributed by atoms with Crippen LogP contribution in [-0.4, -0.2) is 36.2 Å². The first-order valence-electron chi connectivity index (χ1n) is 7.59. The zero-order chi connectivity index (χ0) is 14.7. The molecule has 20 heavy (non-hydrogen) atoms. The van der Waals surface area contributed by atoms with Crippen molar-refractivity contribution in [3.63, 3.8) is 0 Å². The summed E-state index contributed by atoms with van der Waals surface area (Å²) in [6, 6.07) is 7.88. The minimum atomic E-state index is -0.443. The van der Waals surface area contributed by atoms with Gasteiger partial charge in [0.05, 0.1) is 13.2 Å². The summed E-state index contributed by atoms with van der Waals surface area (Å²) in [4.78, 5) is 2.42. The summed E-state index contributed by atoms with van der Waals surface area (Å²) >= 11 is 0. The number of benzene rings is 1. The van der Waals surface area contributed by atoms with E-state index in [-0.39, 0.29) is 6.04 Å². The quantitative estimate of drug-likeness (QED) is 0.918. The summed E-state index contributed by atoms with van der Waals surface area (Å²) in [5.41, 5.74) is 0.963. The second-order valence-corrected chi connectivity index (χ2v) is 6.20. The van der Waals surface area contributed by atoms with Crippen LogP contribution in [0.25, 0.3) is 0 Å². The third kappa shape index (κ3) is 3.33. The van der Waals surface area contributed by atoms with Crippen molar-refractivity contribution >= 4 is 0 Å². The van der Waals surface area contributed by atoms with Gasteiger partial charge in [-0.15, -0.1) is 0 Å². The van der Waals surface area contributed by atoms with E-state index in [1.165, 1.54) is 6.42 Å². The van der Waals surface area contributed by atoms with E-state index in [1.54, 1.807) is 7.11 Å². The van der Waals surface area contributed by atoms with Gasteiger partial charge in [0, 0.05) is 12.6 Å². The van der Waals surface area contributed by atoms with Gasteiger partial charge in [0.1, 0.15) is 5.75 Å². The number of nitrogens with zero attached hydrogens (tertiary/aromatic N) is 1. The zero-order valence-electron chi connectivity index (χ0n) is 13.0. The average Bonchev–Trinajstić information content (AvgIpc) is 2.48. The van der Waals surface area contributed by atoms with Crippen molar-refractivity contribution < 1.29 is 9.84 Å². The summed E-state index contributed by atoms with van der Waals surface area (Å²) in [5, 5.41) is 10.6. The first-order chi connectivity index (χ1) is 9.52. The number of hydrogen-bond donors (Lipinski definition) is 1. The van der Waals surface area contributed by atoms with Crippen LogP contribution in [0.4, 0.5) is 0 Å². The van der Waals surface area contributed by atoms with Gasteiger partial charge in [0.2, 0.25) is 0 Å². The standard InChI is InChI=1S/C17H27NO2/c1-12-9-10-18(11-13(12)2)14(3)17(19)15-5-7-16(20-4)8-6-15/h5-8,12-14,17,19H,9-11H2,1-4H3. The van der Waals surface area contributed by atoms with Gasteiger partial charge in [-0.25, -0.2) is 0 Å². The van der Waals surface area contributed by atoms with Gasteiger partial charge in [-0.1, -0.05) is 26.0 Å². The SMILES string of the molecule is COc1ccc(C(O)C(C)N2CCC(C)C(C)C2)cc1. The molecule has 1 aromatic carbocycles. The maximum Gasteiger partial charge on any atom is 0.118 e. The van der Waals surface area contributed by atoms with Crippen LogP contribution in [0.5, 0.6) is 5.75 Å². The second-order valence-electron chi connectivity index (χ2n) is 6.20. The van der Waals surface area contributed by atoms with Crippen LogP contribution in [-0.2, 0) is 0 Å². The maximum absolute atomic E-state index is 10.6. The molecule has 4 atom stereocenters. The first kappa shape index (κ1) is 15.3. The number of hydrogen-bond acceptors (Lipinski definition) is 3. The van der Waals surface area contributed by atoms with Crippen molar-refractivity contribution in [2.45, 2.75) is 39.3 Å². The summed E-state index contributed by atoms with van der Waals surface area (Å²) in [7, 11) is 1.66. The third-order valence-electron chi connectivity index (χ3n) is 4.86. The highest BCUT2D eigenvalue weighted by molar-refractivity contribution is 5.29. The number of likely N-dealkylation sites (tertiary alicyclic amines) is 1. The van der Waals surface area contributed by atoms with Gasteiger partial charge in [-0.2, -0.15) is 0 Å². The predicted octanol–water partition coefficient (Wildman–Crippen LogP) is 3.10. The summed E-state index contributed by atoms with van der Waals surface area (Å²) in [6.07, 6.45) is 0.780. The van der Waals surface area contributed by atoms with Crippen LogP contribution in [0.1, 0.15) is 38.9 Å². The molecular formula is C17H27NO2. The van der Waals surface area contributed by atoms with Crippen LogP contribution in [0.15, 0.2) is 24.3 Å². The first-order valence-corrected chi connectivity index (χ1v) is 7.59. The number of aliphatic hydroxyl groups excluding tert-OH is 1. The normalized spacial score (nSPS) is 27.1. The minimum absolute atomic E-state index is 0.151. The van der Waals surface area contributed by atoms with Crippen LogP contribution in [0.2, 0.25) is 0 Å². The van der Waals surface area contributed by atoms with Crippen molar-refractivity contribution in [2.75, 3.05) is 20.2 Å². The van der Waals surface area contributed by atoms with Crippen molar-refractivity contribution in [2.24, 2.45) is 11.8 Å². The predicted molar refractivity (Wildman–Crippen MR) is 81.9 cm³/mol. The maximum atomic E-state index is 10.6. The van der Waals surface area contributed by atoms with Crippen molar-refractivity contribution in [1.82, 2.24) is 4.90 Å². The van der Waals surface area contributed by atoms with E-state index in [0.29, 0.717) is 5.92 Å². The molecule has 0 radical (unpaired) electrons. The van der Waals surface area contributed by atoms with Gasteiger partial charge >= 0.3 is 0 Å². The zero-order valence-corrected chi connectivity index (χ0v) is 13.0. The Morgan fingerprint density at radius 3 is 2.40 bits per heavy atom. The number of ether oxygens (including phenoxy) is 1. The number of piperidine rings is 1. The van der Waals surface area contributed by atoms with E-state index in [1.807, 2.05) is 24.3 Å². The van der Waals surface area contributed by atoms with Crippen molar-refractivity contribution in [3.8, 4) is 5.75 Å². The number of aliphatic hydroxyl groups is 1. The molecule has 3 nitrogen and oxygen atoms in total. The molecule has 1 N–H and O–H groups in total. The van der Waals surface area contributed by atoms with Gasteiger partial charge in [0.15, 0.2) is 0 Å². The summed E-state index contributed by atoms with van der Waals surface area (Å²) < 4.78 is 5.16. The van der Waals surface area contributed by atoms with E-state index in [4.69, 9.17) is 4.74 Å². The molecule has 3 heteroatoms. The molecule has 0 bridgehead atoms. The fourth-order valence-electron chi connectivity index (χ4n) is 2.94. The lowest BCUT2D eigenvalue weighted by molar-refractivity contribution is 0.0221. The van der Waals surface area contributed by atoms with Crippen LogP contribution in [0, 0.1) is 11.8 Å². The van der Waals surface area contributed by atoms with Crippen molar-refractivity contribution in [1.29, 1.82) is 0 Å². The van der Waals surface area contributed by atoms with Crippen LogP contribution < -0.4 is 4.74 Å². The highest BCUT2D eigenvalue weighted by atomic mass is 16.5. The van der Waals surface area contributed by atoms with E-state index in [9.17, 15) is 5.11 Å². The topological polar surface area (TPSA) is 32.7 Å². The molecule has 1 heterocycles. The van der Waals surface area contributed by atoms with Gasteiger partial charge in [-0.3, -0.25) is 4.90 Å². The van der Waals surface area contributed by atoms with Gasteiger partial charge in [0.25, 0.3) is 0 Å². The average molecular weight is 277 g/mol. The molecule has 0 saturated carbocycles. The molecule has 112 valence electrons. The number of methoxy groups -OCH3 is 1. The van der Waals surface area contributed by atoms with Crippen LogP contribution >= 0.6 is 0 Å². The Morgan fingerprint density at radius 1 is 1.20 bits per heavy atom. The molecule has 1 saturated heterocycles. The third-order valence-corrected chi connectivity index (χ3v) is 4.86. The molecule has 2 rings (SSSR count). The molecule has 0 amide bonds. The molecule has 1 aromatic rings. The molecule has 1 fully saturated rings. The second kappa shape index (κ2) is 6.59. The highest BCUT2D eigenvalue weighted by Crippen LogP contribution is 2.29. The molecule has 0 aliphatic carbocycles. The number of rotatable bonds is 4. The highest BCUT2D eigenvalue weighted by Gasteiger charge is 2.29. The lowest BCUT2D eigenvalue weighted by atomic mass is 9.87. The lowest BCUT2D eigenvalue weighted by Gasteiger charge is -2.40. The molecular weight excluding hydrogens is 250 g/mol. The lowest BCUT2D eigenvalue weighted by Crippen LogP contribution is -2.45. The summed E-state index contributed by atoms with van der Waals surface area (Å²) in [6.45, 7) is 8.92. The Balaban J connectivity index is 2.02. The fourth-order valence-corrected chi connectivity index (χ4v) is 2.94. The largest absolute Gasteiger partial charge is 0.497 e. The molecule has 4 unspecified atom stereocenters. The Morgan fingerprint density at radius 2 is 1.85 bits per heavy atom. The fraction of sp³-hybridized carbons (Fsp3) is 0.647. The Kier molecular flexibility index (Phi) is 5.06. The van der Waals surface area contributed by atoms with Gasteiger partial charge < -0.3 is 9.84 Å². The van der Waals surface area contributed by atoms with Gasteiger partial charge in [-0.05, 0) is 49.4 Å². The van der Waals surface area contributed by atoms with Crippen LogP contribution in [0.3, 0.4) is 0 Å². The van der Waals surface area contributed by atoms with E-state index in [2.05, 4.69) is 25.7 Å². The summed E-state index contributed by atoms with van der Waals surface area (Å²) in [5.74, 6) is 2.32. The minimum Gasteiger partial charge on any atom is -0.497 e. The molecule has 1 aliphatic heterocycles. The Labute approximate surface area is 122 Å². The molecule has 1 aliphatic rings. The molecule has 0 spiro atoms. The Bertz CT molecular complexity index is 418. The Hall–Kier alpha value is -1.06.